The molecule has 0 bridgehead atoms. The molecule has 2 atom stereocenters. The Hall–Kier alpha value is -0.500. The lowest BCUT2D eigenvalue weighted by molar-refractivity contribution is -0.870. The molecule has 8 nitrogen and oxygen atoms in total. The fourth-order valence-electron chi connectivity index (χ4n) is 9.26. The maximum atomic E-state index is 12.8. The second-order valence-electron chi connectivity index (χ2n) is 22.1. The molecule has 0 fully saturated rings. The number of ether oxygens (including phenoxy) is 2. The summed E-state index contributed by atoms with van der Waals surface area (Å²) in [5.74, 6) is -0.322. The van der Waals surface area contributed by atoms with Gasteiger partial charge < -0.3 is 27.9 Å². The molecule has 0 aromatic carbocycles. The smallest absolute Gasteiger partial charge is 0.306 e. The molecule has 0 saturated carbocycles. The molecule has 408 valence electrons. The molecule has 0 saturated heterocycles. The van der Waals surface area contributed by atoms with E-state index in [0.29, 0.717) is 24.1 Å². The molecule has 0 rings (SSSR count). The number of nitrogens with zero attached hydrogens (tertiary/aromatic N) is 1. The van der Waals surface area contributed by atoms with Gasteiger partial charge in [-0.15, -0.1) is 0 Å². The number of phosphoric ester groups is 1. The van der Waals surface area contributed by atoms with E-state index in [4.69, 9.17) is 18.5 Å². The van der Waals surface area contributed by atoms with Gasteiger partial charge >= 0.3 is 5.97 Å². The van der Waals surface area contributed by atoms with Crippen LogP contribution >= 0.6 is 7.82 Å². The first kappa shape index (κ1) is 67.5. The van der Waals surface area contributed by atoms with Gasteiger partial charge in [0.1, 0.15) is 19.3 Å². The highest BCUT2D eigenvalue weighted by Crippen LogP contribution is 2.38. The zero-order valence-electron chi connectivity index (χ0n) is 46.6. The van der Waals surface area contributed by atoms with Crippen molar-refractivity contribution in [1.29, 1.82) is 0 Å². The number of carbonyl (C=O) groups excluding carboxylic acids is 1. The lowest BCUT2D eigenvalue weighted by atomic mass is 10.0. The number of phosphoric acid groups is 1. The topological polar surface area (TPSA) is 94.1 Å². The number of quaternary nitrogens is 1. The van der Waals surface area contributed by atoms with Crippen LogP contribution in [0.1, 0.15) is 316 Å². The monoisotopic (exact) mass is 986 g/mol. The van der Waals surface area contributed by atoms with Crippen molar-refractivity contribution in [2.45, 2.75) is 322 Å². The first-order valence-electron chi connectivity index (χ1n) is 30.3. The lowest BCUT2D eigenvalue weighted by Crippen LogP contribution is -2.37. The average molecular weight is 987 g/mol. The van der Waals surface area contributed by atoms with Crippen molar-refractivity contribution in [3.63, 3.8) is 0 Å². The van der Waals surface area contributed by atoms with Crippen molar-refractivity contribution >= 4 is 13.8 Å². The first-order chi connectivity index (χ1) is 33.1. The molecular weight excluding hydrogens is 866 g/mol. The maximum Gasteiger partial charge on any atom is 0.306 e. The van der Waals surface area contributed by atoms with Crippen LogP contribution in [0.15, 0.2) is 0 Å². The van der Waals surface area contributed by atoms with Crippen molar-refractivity contribution in [1.82, 2.24) is 0 Å². The summed E-state index contributed by atoms with van der Waals surface area (Å²) in [7, 11) is 1.38. The first-order valence-corrected chi connectivity index (χ1v) is 31.7. The predicted molar refractivity (Wildman–Crippen MR) is 291 cm³/mol. The van der Waals surface area contributed by atoms with E-state index in [1.807, 2.05) is 21.1 Å². The average Bonchev–Trinajstić information content (AvgIpc) is 3.30. The highest BCUT2D eigenvalue weighted by molar-refractivity contribution is 7.45. The molecule has 0 heterocycles. The molecule has 0 N–H and O–H groups in total. The maximum absolute atomic E-state index is 12.8. The summed E-state index contributed by atoms with van der Waals surface area (Å²) in [5.41, 5.74) is 0. The molecule has 0 aromatic heterocycles. The van der Waals surface area contributed by atoms with Gasteiger partial charge in [-0.25, -0.2) is 0 Å². The third-order valence-corrected chi connectivity index (χ3v) is 14.9. The van der Waals surface area contributed by atoms with E-state index in [2.05, 4.69) is 13.8 Å². The Morgan fingerprint density at radius 2 is 0.676 bits per heavy atom. The second-order valence-corrected chi connectivity index (χ2v) is 23.5. The number of likely N-dealkylation sites (N-methyl/N-ethyl adjacent to an activating group) is 1. The van der Waals surface area contributed by atoms with Gasteiger partial charge in [0.15, 0.2) is 0 Å². The Morgan fingerprint density at radius 1 is 0.397 bits per heavy atom. The summed E-state index contributed by atoms with van der Waals surface area (Å²) in [6.45, 7) is 5.52. The van der Waals surface area contributed by atoms with Gasteiger partial charge in [0.05, 0.1) is 34.4 Å². The van der Waals surface area contributed by atoms with Crippen LogP contribution in [-0.2, 0) is 27.9 Å². The second kappa shape index (κ2) is 52.8. The minimum Gasteiger partial charge on any atom is -0.756 e. The van der Waals surface area contributed by atoms with Crippen LogP contribution in [0.4, 0.5) is 0 Å². The van der Waals surface area contributed by atoms with Crippen molar-refractivity contribution in [2.24, 2.45) is 0 Å². The van der Waals surface area contributed by atoms with Gasteiger partial charge in [0.2, 0.25) is 0 Å². The van der Waals surface area contributed by atoms with Gasteiger partial charge in [0.25, 0.3) is 7.82 Å². The molecule has 2 unspecified atom stereocenters. The van der Waals surface area contributed by atoms with Crippen LogP contribution in [0.3, 0.4) is 0 Å². The normalized spacial score (nSPS) is 13.3. The zero-order valence-corrected chi connectivity index (χ0v) is 47.5. The summed E-state index contributed by atoms with van der Waals surface area (Å²) in [4.78, 5) is 25.3. The van der Waals surface area contributed by atoms with E-state index in [9.17, 15) is 14.3 Å². The van der Waals surface area contributed by atoms with Gasteiger partial charge in [-0.1, -0.05) is 296 Å². The minimum atomic E-state index is -4.53. The van der Waals surface area contributed by atoms with E-state index in [1.54, 1.807) is 0 Å². The highest BCUT2D eigenvalue weighted by Gasteiger charge is 2.20. The Bertz CT molecular complexity index is 1050. The van der Waals surface area contributed by atoms with E-state index in [-0.39, 0.29) is 25.8 Å². The van der Waals surface area contributed by atoms with Crippen LogP contribution in [0.2, 0.25) is 0 Å². The molecule has 0 aliphatic carbocycles. The van der Waals surface area contributed by atoms with E-state index >= 15 is 0 Å². The van der Waals surface area contributed by atoms with Crippen LogP contribution in [0.25, 0.3) is 0 Å². The van der Waals surface area contributed by atoms with E-state index < -0.39 is 13.9 Å². The molecule has 0 aromatic rings. The summed E-state index contributed by atoms with van der Waals surface area (Å²) >= 11 is 0. The Labute approximate surface area is 425 Å². The summed E-state index contributed by atoms with van der Waals surface area (Å²) in [6, 6.07) is 0. The third-order valence-electron chi connectivity index (χ3n) is 13.9. The van der Waals surface area contributed by atoms with Crippen LogP contribution < -0.4 is 4.89 Å². The van der Waals surface area contributed by atoms with Gasteiger partial charge in [-0.05, 0) is 12.8 Å². The summed E-state index contributed by atoms with van der Waals surface area (Å²) in [6.07, 6.45) is 61.5. The molecule has 68 heavy (non-hydrogen) atoms. The summed E-state index contributed by atoms with van der Waals surface area (Å²) in [5, 5.41) is 0. The Morgan fingerprint density at radius 3 is 0.971 bits per heavy atom. The van der Waals surface area contributed by atoms with Crippen molar-refractivity contribution in [3.8, 4) is 0 Å². The Balaban J connectivity index is 3.98. The number of hydrogen-bond donors (Lipinski definition) is 0. The van der Waals surface area contributed by atoms with Crippen molar-refractivity contribution in [3.05, 3.63) is 0 Å². The standard InChI is InChI=1S/C59H120NO7P/c1-6-8-10-12-14-16-18-20-22-24-26-28-29-30-31-32-34-36-38-40-42-44-46-48-50-52-59(61)67-58(57-66-68(62,63)65-55-53-60(3,4)5)56-64-54-51-49-47-45-43-41-39-37-35-33-27-25-23-21-19-17-15-13-11-9-7-2/h58H,6-57H2,1-5H3. The van der Waals surface area contributed by atoms with Crippen LogP contribution in [0.5, 0.6) is 0 Å². The van der Waals surface area contributed by atoms with Crippen molar-refractivity contribution in [2.75, 3.05) is 54.1 Å². The molecule has 0 radical (unpaired) electrons. The molecule has 0 amide bonds. The van der Waals surface area contributed by atoms with Gasteiger partial charge in [-0.3, -0.25) is 9.36 Å². The SMILES string of the molecule is CCCCCCCCCCCCCCCCCCCCCCCCCCCC(=O)OC(COCCCCCCCCCCCCCCCCCCCCCCC)COP(=O)([O-])OCC[N+](C)(C)C. The number of carbonyl (C=O) groups is 1. The third kappa shape index (κ3) is 56.4. The molecule has 0 aliphatic rings. The van der Waals surface area contributed by atoms with Crippen molar-refractivity contribution < 1.29 is 37.3 Å². The fraction of sp³-hybridized carbons (Fsp3) is 0.983. The van der Waals surface area contributed by atoms with Gasteiger partial charge in [-0.2, -0.15) is 0 Å². The van der Waals surface area contributed by atoms with Crippen LogP contribution in [-0.4, -0.2) is 70.7 Å². The molecular formula is C59H120NO7P. The molecule has 9 heteroatoms. The molecule has 0 spiro atoms. The van der Waals surface area contributed by atoms with E-state index in [1.165, 1.54) is 263 Å². The number of unbranched alkanes of at least 4 members (excludes halogenated alkanes) is 44. The number of hydrogen-bond acceptors (Lipinski definition) is 7. The zero-order chi connectivity index (χ0) is 49.8. The highest BCUT2D eigenvalue weighted by atomic mass is 31.2. The number of esters is 1. The Kier molecular flexibility index (Phi) is 52.4. The molecule has 0 aliphatic heterocycles. The predicted octanol–water partition coefficient (Wildman–Crippen LogP) is 18.5. The number of rotatable bonds is 58. The quantitative estimate of drug-likeness (QED) is 0.0259. The van der Waals surface area contributed by atoms with E-state index in [0.717, 1.165) is 32.1 Å². The van der Waals surface area contributed by atoms with Crippen LogP contribution in [0, 0.1) is 0 Å². The minimum absolute atomic E-state index is 0.0320. The lowest BCUT2D eigenvalue weighted by Gasteiger charge is -2.28. The summed E-state index contributed by atoms with van der Waals surface area (Å²) < 4.78 is 34.9. The fourth-order valence-corrected chi connectivity index (χ4v) is 9.99. The van der Waals surface area contributed by atoms with Gasteiger partial charge in [0, 0.05) is 13.0 Å². The largest absolute Gasteiger partial charge is 0.756 e.